The first-order chi connectivity index (χ1) is 13.0. The van der Waals surface area contributed by atoms with Crippen LogP contribution in [0.25, 0.3) is 6.08 Å². The molecule has 27 heavy (non-hydrogen) atoms. The molecule has 0 aliphatic carbocycles. The highest BCUT2D eigenvalue weighted by Crippen LogP contribution is 2.16. The molecule has 3 nitrogen and oxygen atoms in total. The molecular weight excluding hydrogens is 350 g/mol. The largest absolute Gasteiger partial charge is 0.423 e. The first kappa shape index (κ1) is 18.2. The number of ether oxygens (including phenoxy) is 1. The molecule has 3 aromatic carbocycles. The van der Waals surface area contributed by atoms with Gasteiger partial charge in [0.1, 0.15) is 17.4 Å². The number of hydrogen-bond acceptors (Lipinski definition) is 3. The monoisotopic (exact) mass is 364 g/mol. The van der Waals surface area contributed by atoms with Gasteiger partial charge in [-0.05, 0) is 60.2 Å². The second kappa shape index (κ2) is 8.19. The molecule has 3 rings (SSSR count). The van der Waals surface area contributed by atoms with Crippen molar-refractivity contribution < 1.29 is 23.1 Å². The van der Waals surface area contributed by atoms with Gasteiger partial charge in [0, 0.05) is 5.56 Å². The average molecular weight is 364 g/mol. The van der Waals surface area contributed by atoms with Crippen LogP contribution < -0.4 is 4.74 Å². The molecule has 0 atom stereocenters. The third-order valence-electron chi connectivity index (χ3n) is 3.74. The Morgan fingerprint density at radius 2 is 1.48 bits per heavy atom. The Labute approximate surface area is 154 Å². The Balaban J connectivity index is 1.66. The molecular formula is C22H14F2O3. The van der Waals surface area contributed by atoms with Crippen molar-refractivity contribution in [3.05, 3.63) is 107 Å². The summed E-state index contributed by atoms with van der Waals surface area (Å²) in [5, 5.41) is 0. The van der Waals surface area contributed by atoms with Crippen LogP contribution in [0.1, 0.15) is 26.3 Å². The van der Waals surface area contributed by atoms with Crippen molar-refractivity contribution in [3.63, 3.8) is 0 Å². The quantitative estimate of drug-likeness (QED) is 0.274. The second-order valence-corrected chi connectivity index (χ2v) is 5.64. The SMILES string of the molecule is O=C(C=Cc1ccc(F)cc1)c1ccc(OC(=O)c2ccccc2F)cc1. The molecule has 0 saturated heterocycles. The molecule has 134 valence electrons. The molecule has 0 aliphatic rings. The maximum absolute atomic E-state index is 13.6. The number of hydrogen-bond donors (Lipinski definition) is 0. The molecule has 0 saturated carbocycles. The van der Waals surface area contributed by atoms with Gasteiger partial charge >= 0.3 is 5.97 Å². The van der Waals surface area contributed by atoms with E-state index < -0.39 is 11.8 Å². The van der Waals surface area contributed by atoms with Crippen molar-refractivity contribution in [2.24, 2.45) is 0 Å². The van der Waals surface area contributed by atoms with E-state index in [9.17, 15) is 18.4 Å². The fourth-order valence-electron chi connectivity index (χ4n) is 2.32. The molecule has 0 aliphatic heterocycles. The van der Waals surface area contributed by atoms with E-state index in [0.29, 0.717) is 11.1 Å². The molecule has 0 bridgehead atoms. The van der Waals surface area contributed by atoms with Crippen molar-refractivity contribution in [3.8, 4) is 5.75 Å². The zero-order valence-electron chi connectivity index (χ0n) is 14.1. The van der Waals surface area contributed by atoms with E-state index in [-0.39, 0.29) is 22.9 Å². The summed E-state index contributed by atoms with van der Waals surface area (Å²) in [6.07, 6.45) is 2.95. The minimum Gasteiger partial charge on any atom is -0.423 e. The molecule has 0 aromatic heterocycles. The number of rotatable bonds is 5. The highest BCUT2D eigenvalue weighted by molar-refractivity contribution is 6.06. The van der Waals surface area contributed by atoms with Gasteiger partial charge in [0.15, 0.2) is 5.78 Å². The maximum Gasteiger partial charge on any atom is 0.346 e. The molecule has 0 unspecified atom stereocenters. The van der Waals surface area contributed by atoms with Gasteiger partial charge in [-0.25, -0.2) is 13.6 Å². The minimum atomic E-state index is -0.816. The lowest BCUT2D eigenvalue weighted by molar-refractivity contribution is 0.0730. The first-order valence-corrected chi connectivity index (χ1v) is 8.08. The molecule has 5 heteroatoms. The number of carbonyl (C=O) groups is 2. The lowest BCUT2D eigenvalue weighted by Gasteiger charge is -2.05. The van der Waals surface area contributed by atoms with Gasteiger partial charge in [-0.1, -0.05) is 30.3 Å². The number of carbonyl (C=O) groups excluding carboxylic acids is 2. The minimum absolute atomic E-state index is 0.167. The Hall–Kier alpha value is -3.60. The van der Waals surface area contributed by atoms with Crippen molar-refractivity contribution in [1.29, 1.82) is 0 Å². The number of ketones is 1. The van der Waals surface area contributed by atoms with Crippen LogP contribution >= 0.6 is 0 Å². The third kappa shape index (κ3) is 4.73. The predicted molar refractivity (Wildman–Crippen MR) is 97.6 cm³/mol. The number of benzene rings is 3. The lowest BCUT2D eigenvalue weighted by atomic mass is 10.1. The van der Waals surface area contributed by atoms with Gasteiger partial charge in [-0.15, -0.1) is 0 Å². The maximum atomic E-state index is 13.6. The number of esters is 1. The molecule has 0 amide bonds. The Morgan fingerprint density at radius 1 is 0.815 bits per heavy atom. The molecule has 0 heterocycles. The van der Waals surface area contributed by atoms with E-state index >= 15 is 0 Å². The summed E-state index contributed by atoms with van der Waals surface area (Å²) >= 11 is 0. The van der Waals surface area contributed by atoms with Crippen LogP contribution in [0.15, 0.2) is 78.9 Å². The van der Waals surface area contributed by atoms with Crippen molar-refractivity contribution in [2.75, 3.05) is 0 Å². The standard InChI is InChI=1S/C22H14F2O3/c23-17-10-5-15(6-11-17)7-14-21(25)16-8-12-18(13-9-16)27-22(26)19-3-1-2-4-20(19)24/h1-14H. The van der Waals surface area contributed by atoms with E-state index in [4.69, 9.17) is 4.74 Å². The molecule has 0 N–H and O–H groups in total. The summed E-state index contributed by atoms with van der Waals surface area (Å²) < 4.78 is 31.6. The van der Waals surface area contributed by atoms with Gasteiger partial charge in [0.05, 0.1) is 5.56 Å². The van der Waals surface area contributed by atoms with E-state index in [1.165, 1.54) is 66.7 Å². The summed E-state index contributed by atoms with van der Waals surface area (Å²) in [5.41, 5.74) is 0.916. The van der Waals surface area contributed by atoms with Crippen molar-refractivity contribution in [2.45, 2.75) is 0 Å². The Kier molecular flexibility index (Phi) is 5.52. The number of halogens is 2. The molecule has 0 fully saturated rings. The topological polar surface area (TPSA) is 43.4 Å². The lowest BCUT2D eigenvalue weighted by Crippen LogP contribution is -2.10. The highest BCUT2D eigenvalue weighted by atomic mass is 19.1. The summed E-state index contributed by atoms with van der Waals surface area (Å²) in [4.78, 5) is 24.1. The Morgan fingerprint density at radius 3 is 2.15 bits per heavy atom. The highest BCUT2D eigenvalue weighted by Gasteiger charge is 2.13. The normalized spacial score (nSPS) is 10.7. The van der Waals surface area contributed by atoms with Crippen LogP contribution in [-0.4, -0.2) is 11.8 Å². The second-order valence-electron chi connectivity index (χ2n) is 5.64. The van der Waals surface area contributed by atoms with Crippen molar-refractivity contribution in [1.82, 2.24) is 0 Å². The predicted octanol–water partition coefficient (Wildman–Crippen LogP) is 5.08. The molecule has 0 radical (unpaired) electrons. The summed E-state index contributed by atoms with van der Waals surface area (Å²) in [5.74, 6) is -1.89. The van der Waals surface area contributed by atoms with Gasteiger partial charge in [-0.3, -0.25) is 4.79 Å². The van der Waals surface area contributed by atoms with E-state index in [2.05, 4.69) is 0 Å². The fourth-order valence-corrected chi connectivity index (χ4v) is 2.32. The fraction of sp³-hybridized carbons (Fsp3) is 0. The van der Waals surface area contributed by atoms with Crippen LogP contribution in [-0.2, 0) is 0 Å². The van der Waals surface area contributed by atoms with Gasteiger partial charge < -0.3 is 4.74 Å². The van der Waals surface area contributed by atoms with Crippen LogP contribution in [0.5, 0.6) is 5.75 Å². The number of allylic oxidation sites excluding steroid dienone is 1. The van der Waals surface area contributed by atoms with E-state index in [1.54, 1.807) is 18.2 Å². The summed E-state index contributed by atoms with van der Waals surface area (Å²) in [6, 6.07) is 17.2. The molecule has 0 spiro atoms. The summed E-state index contributed by atoms with van der Waals surface area (Å²) in [7, 11) is 0. The van der Waals surface area contributed by atoms with E-state index in [1.807, 2.05) is 0 Å². The van der Waals surface area contributed by atoms with Crippen LogP contribution in [0.4, 0.5) is 8.78 Å². The van der Waals surface area contributed by atoms with Crippen LogP contribution in [0, 0.1) is 11.6 Å². The molecule has 3 aromatic rings. The van der Waals surface area contributed by atoms with Crippen LogP contribution in [0.3, 0.4) is 0 Å². The van der Waals surface area contributed by atoms with Gasteiger partial charge in [0.25, 0.3) is 0 Å². The van der Waals surface area contributed by atoms with Gasteiger partial charge in [0.2, 0.25) is 0 Å². The Bertz CT molecular complexity index is 991. The summed E-state index contributed by atoms with van der Waals surface area (Å²) in [6.45, 7) is 0. The smallest absolute Gasteiger partial charge is 0.346 e. The average Bonchev–Trinajstić information content (AvgIpc) is 2.68. The zero-order chi connectivity index (χ0) is 19.2. The first-order valence-electron chi connectivity index (χ1n) is 8.08. The third-order valence-corrected chi connectivity index (χ3v) is 3.74. The van der Waals surface area contributed by atoms with Gasteiger partial charge in [-0.2, -0.15) is 0 Å². The van der Waals surface area contributed by atoms with Crippen molar-refractivity contribution >= 4 is 17.8 Å². The van der Waals surface area contributed by atoms with E-state index in [0.717, 1.165) is 0 Å². The zero-order valence-corrected chi connectivity index (χ0v) is 14.1. The van der Waals surface area contributed by atoms with Crippen LogP contribution in [0.2, 0.25) is 0 Å².